The smallest absolute Gasteiger partial charge is 0.246 e. The number of rotatable bonds is 21. The van der Waals surface area contributed by atoms with Gasteiger partial charge in [-0.1, -0.05) is 160 Å². The molecule has 0 unspecified atom stereocenters. The molecule has 6 rings (SSSR count). The van der Waals surface area contributed by atoms with Gasteiger partial charge in [0.1, 0.15) is 18.1 Å². The summed E-state index contributed by atoms with van der Waals surface area (Å²) in [6.07, 6.45) is -0.530. The van der Waals surface area contributed by atoms with Crippen LogP contribution in [-0.4, -0.2) is 231 Å². The van der Waals surface area contributed by atoms with E-state index < -0.39 is 174 Å². The van der Waals surface area contributed by atoms with E-state index in [1.165, 1.54) is 73.6 Å². The highest BCUT2D eigenvalue weighted by Gasteiger charge is 2.45. The van der Waals surface area contributed by atoms with Crippen molar-refractivity contribution in [1.29, 1.82) is 0 Å². The average Bonchev–Trinajstić information content (AvgIpc) is 1.36. The van der Waals surface area contributed by atoms with Crippen LogP contribution in [0.3, 0.4) is 0 Å². The zero-order valence-electron chi connectivity index (χ0n) is 68.8. The summed E-state index contributed by atoms with van der Waals surface area (Å²) in [4.78, 5) is 220. The summed E-state index contributed by atoms with van der Waals surface area (Å²) in [6.45, 7) is 20.6. The fourth-order valence-corrected chi connectivity index (χ4v) is 15.8. The second kappa shape index (κ2) is 43.3. The lowest BCUT2D eigenvalue weighted by Gasteiger charge is -2.37. The molecule has 24 nitrogen and oxygen atoms in total. The van der Waals surface area contributed by atoms with Gasteiger partial charge in [-0.25, -0.2) is 0 Å². The first kappa shape index (κ1) is 91.1. The number of nitrogens with one attached hydrogen (secondary N) is 2. The maximum absolute atomic E-state index is 15.7. The number of fused-ring (bicyclic) bond motifs is 1. The van der Waals surface area contributed by atoms with Crippen molar-refractivity contribution in [2.24, 2.45) is 47.3 Å². The number of likely N-dealkylation sites (tertiary alicyclic amines) is 1. The number of amides is 9. The minimum atomic E-state index is -1.53. The van der Waals surface area contributed by atoms with Gasteiger partial charge in [-0.2, -0.15) is 0 Å². The third-order valence-electron chi connectivity index (χ3n) is 22.9. The third kappa shape index (κ3) is 25.9. The summed E-state index contributed by atoms with van der Waals surface area (Å²) in [5.74, 6) is -14.1. The van der Waals surface area contributed by atoms with Crippen molar-refractivity contribution in [3.05, 3.63) is 108 Å². The molecule has 0 aromatic heterocycles. The minimum Gasteiger partial charge on any atom is -0.393 e. The van der Waals surface area contributed by atoms with Crippen LogP contribution in [0.5, 0.6) is 0 Å². The molecule has 3 aliphatic heterocycles. The number of aliphatic hydroxyl groups excluding tert-OH is 1. The van der Waals surface area contributed by atoms with Crippen molar-refractivity contribution in [1.82, 2.24) is 44.9 Å². The van der Waals surface area contributed by atoms with Gasteiger partial charge in [0.25, 0.3) is 0 Å². The Bertz CT molecular complexity index is 3680. The Labute approximate surface area is 658 Å². The zero-order chi connectivity index (χ0) is 82.2. The third-order valence-corrected chi connectivity index (χ3v) is 22.9. The number of likely N-dealkylation sites (N-methyl/N-ethyl adjacent to an activating group) is 5. The molecule has 3 N–H and O–H groups in total. The lowest BCUT2D eigenvalue weighted by Crippen LogP contribution is -2.58. The summed E-state index contributed by atoms with van der Waals surface area (Å²) in [7, 11) is 7.16. The van der Waals surface area contributed by atoms with Gasteiger partial charge in [0.2, 0.25) is 53.2 Å². The Morgan fingerprint density at radius 1 is 0.532 bits per heavy atom. The Morgan fingerprint density at radius 2 is 1.06 bits per heavy atom. The normalized spacial score (nSPS) is 25.0. The van der Waals surface area contributed by atoms with E-state index in [1.807, 2.05) is 41.5 Å². The van der Waals surface area contributed by atoms with Crippen molar-refractivity contribution < 1.29 is 72.2 Å². The SMILES string of the molecule is CC[C@H](C)[C@@H]1NC(=O)[C@H](C)N(C)C(=O)C[C@@H](C(=O)N(C)[C@@H](Cc2ccccc2)C(=O)C[C@@H](C)C(=O)N2CCCCC2)CC(=O)[C@H](CC(C)C)N(C)C(=O)[C@H](CC(C)C)CC(=O)[C@@H]2CCCN2C(=O)CCC(=O)[C@H](CC(C)C)N(C)C(=O)[C@H](Cc2ccccc2)N(C)C(=O)[C@H](Cc2ccccc2)NC(=O)[C@H]([C@@H](C)O)CC1=O. The van der Waals surface area contributed by atoms with Crippen LogP contribution < -0.4 is 10.6 Å². The number of piperidine rings is 1. The van der Waals surface area contributed by atoms with Crippen molar-refractivity contribution >= 4 is 82.1 Å². The molecule has 0 saturated carbocycles. The minimum absolute atomic E-state index is 0.00838. The van der Waals surface area contributed by atoms with Crippen molar-refractivity contribution in [3.8, 4) is 0 Å². The Hall–Kier alpha value is -8.80. The number of aliphatic hydroxyl groups is 1. The molecule has 0 bridgehead atoms. The van der Waals surface area contributed by atoms with Crippen LogP contribution in [0.4, 0.5) is 0 Å². The second-order valence-corrected chi connectivity index (χ2v) is 33.1. The lowest BCUT2D eigenvalue weighted by atomic mass is 9.86. The van der Waals surface area contributed by atoms with Gasteiger partial charge >= 0.3 is 0 Å². The van der Waals surface area contributed by atoms with Gasteiger partial charge in [-0.05, 0) is 112 Å². The summed E-state index contributed by atoms with van der Waals surface area (Å²) in [5, 5.41) is 17.2. The fourth-order valence-electron chi connectivity index (χ4n) is 15.8. The molecule has 0 radical (unpaired) electrons. The van der Waals surface area contributed by atoms with Crippen molar-refractivity contribution in [2.45, 2.75) is 253 Å². The van der Waals surface area contributed by atoms with E-state index in [9.17, 15) is 43.5 Å². The maximum Gasteiger partial charge on any atom is 0.246 e. The first-order valence-corrected chi connectivity index (χ1v) is 40.4. The van der Waals surface area contributed by atoms with Crippen LogP contribution in [0.2, 0.25) is 0 Å². The van der Waals surface area contributed by atoms with Crippen molar-refractivity contribution in [2.75, 3.05) is 54.9 Å². The number of benzene rings is 3. The van der Waals surface area contributed by atoms with E-state index in [0.717, 1.165) is 24.2 Å². The molecule has 111 heavy (non-hydrogen) atoms. The van der Waals surface area contributed by atoms with E-state index in [0.29, 0.717) is 42.6 Å². The summed E-state index contributed by atoms with van der Waals surface area (Å²) in [5.41, 5.74) is 1.97. The number of carbonyl (C=O) groups excluding carboxylic acids is 14. The summed E-state index contributed by atoms with van der Waals surface area (Å²) < 4.78 is 0. The van der Waals surface area contributed by atoms with Crippen LogP contribution in [0, 0.1) is 47.3 Å². The molecular formula is C87H127N9O15. The second-order valence-electron chi connectivity index (χ2n) is 33.1. The average molecular weight is 1540 g/mol. The summed E-state index contributed by atoms with van der Waals surface area (Å²) >= 11 is 0. The van der Waals surface area contributed by atoms with E-state index in [-0.39, 0.29) is 107 Å². The first-order valence-electron chi connectivity index (χ1n) is 40.4. The monoisotopic (exact) mass is 1540 g/mol. The Balaban J connectivity index is 1.46. The van der Waals surface area contributed by atoms with Crippen LogP contribution in [0.25, 0.3) is 0 Å². The Kier molecular flexibility index (Phi) is 35.5. The molecule has 9 amide bonds. The summed E-state index contributed by atoms with van der Waals surface area (Å²) in [6, 6.07) is 16.9. The van der Waals surface area contributed by atoms with Gasteiger partial charge in [-0.15, -0.1) is 0 Å². The predicted molar refractivity (Wildman–Crippen MR) is 424 cm³/mol. The number of hydrogen-bond donors (Lipinski definition) is 3. The number of Topliss-reactive ketones (excluding diaryl/α,β-unsaturated/α-hetero) is 5. The molecule has 14 atom stereocenters. The van der Waals surface area contributed by atoms with E-state index >= 15 is 28.8 Å². The standard InChI is InChI=1S/C87H127N9O15/c1-17-57(8)80-77(102)53-66(60(11)97)82(106)88-67(47-61-31-22-18-23-32-61)86(110)94(16)72(49-63-35-26-20-27-36-63)87(111)93(15)69(44-55(4)5)73(98)38-39-78(103)96-42-30-37-68(96)75(100)50-64(43-54(2)3)84(108)91(13)70(45-56(6)7)76(101)51-65(52-79(104)90(12)59(10)81(105)89-80)85(109)92(14)71(48-62-33-24-19-25-34-62)74(99)46-58(9)83(107)95-40-28-21-29-41-95/h18-20,22-27,31-36,54-60,64-72,80,97H,17,21,28-30,37-53H2,1-16H3,(H,88,106)(H,89,105)/t57-,58+,59-,60+,64+,65-,66-,67-,68-,69-,70-,71-,72-,80-/m0/s1. The van der Waals surface area contributed by atoms with Gasteiger partial charge in [0.05, 0.1) is 48.1 Å². The highest BCUT2D eigenvalue weighted by molar-refractivity contribution is 6.01. The van der Waals surface area contributed by atoms with Crippen LogP contribution >= 0.6 is 0 Å². The quantitative estimate of drug-likeness (QED) is 0.0900. The molecular weight excluding hydrogens is 1410 g/mol. The lowest BCUT2D eigenvalue weighted by molar-refractivity contribution is -0.149. The maximum atomic E-state index is 15.7. The van der Waals surface area contributed by atoms with E-state index in [4.69, 9.17) is 0 Å². The fraction of sp³-hybridized carbons (Fsp3) is 0.632. The largest absolute Gasteiger partial charge is 0.393 e. The first-order chi connectivity index (χ1) is 52.4. The molecule has 0 spiro atoms. The van der Waals surface area contributed by atoms with Gasteiger partial charge in [0, 0.05) is 124 Å². The van der Waals surface area contributed by atoms with Crippen LogP contribution in [0.1, 0.15) is 196 Å². The molecule has 24 heteroatoms. The van der Waals surface area contributed by atoms with Gasteiger partial charge in [-0.3, -0.25) is 67.1 Å². The molecule has 0 aliphatic carbocycles. The van der Waals surface area contributed by atoms with Gasteiger partial charge in [0.15, 0.2) is 28.9 Å². The Morgan fingerprint density at radius 3 is 1.61 bits per heavy atom. The highest BCUT2D eigenvalue weighted by atomic mass is 16.3. The predicted octanol–water partition coefficient (Wildman–Crippen LogP) is 8.48. The number of carbonyl (C=O) groups is 14. The number of hydrogen-bond acceptors (Lipinski definition) is 15. The molecule has 3 heterocycles. The van der Waals surface area contributed by atoms with E-state index in [2.05, 4.69) is 10.6 Å². The highest BCUT2D eigenvalue weighted by Crippen LogP contribution is 2.31. The van der Waals surface area contributed by atoms with Crippen LogP contribution in [0.15, 0.2) is 91.0 Å². The number of ketones is 5. The zero-order valence-corrected chi connectivity index (χ0v) is 68.8. The molecule has 3 fully saturated rings. The molecule has 610 valence electrons. The molecule has 3 aromatic rings. The molecule has 3 saturated heterocycles. The topological polar surface area (TPSA) is 306 Å². The van der Waals surface area contributed by atoms with Gasteiger partial charge < -0.3 is 50.0 Å². The van der Waals surface area contributed by atoms with E-state index in [1.54, 1.807) is 117 Å². The molecule has 3 aromatic carbocycles. The molecule has 3 aliphatic rings. The number of nitrogens with zero attached hydrogens (tertiary/aromatic N) is 7. The van der Waals surface area contributed by atoms with Crippen LogP contribution in [-0.2, 0) is 86.4 Å². The van der Waals surface area contributed by atoms with Crippen molar-refractivity contribution in [3.63, 3.8) is 0 Å².